The van der Waals surface area contributed by atoms with Crippen molar-refractivity contribution in [2.24, 2.45) is 5.92 Å². The highest BCUT2D eigenvalue weighted by molar-refractivity contribution is 6.18. The minimum atomic E-state index is -0.0234. The molecule has 102 valence electrons. The Balaban J connectivity index is 3.03. The van der Waals surface area contributed by atoms with Gasteiger partial charge in [0.05, 0.1) is 0 Å². The highest BCUT2D eigenvalue weighted by Gasteiger charge is 2.12. The maximum Gasteiger partial charge on any atom is 0.293 e. The van der Waals surface area contributed by atoms with Gasteiger partial charge < -0.3 is 9.47 Å². The maximum atomic E-state index is 12.3. The first-order valence-corrected chi connectivity index (χ1v) is 7.00. The van der Waals surface area contributed by atoms with E-state index >= 15 is 0 Å². The van der Waals surface area contributed by atoms with E-state index in [-0.39, 0.29) is 5.56 Å². The third kappa shape index (κ3) is 4.02. The Morgan fingerprint density at radius 2 is 2.17 bits per heavy atom. The lowest BCUT2D eigenvalue weighted by molar-refractivity contribution is 0.508. The summed E-state index contributed by atoms with van der Waals surface area (Å²) in [5.41, 5.74) is -0.0234. The van der Waals surface area contributed by atoms with Crippen molar-refractivity contribution < 1.29 is 0 Å². The zero-order chi connectivity index (χ0) is 13.5. The topological polar surface area (TPSA) is 38.1 Å². The Morgan fingerprint density at radius 3 is 2.72 bits per heavy atom. The summed E-state index contributed by atoms with van der Waals surface area (Å²) in [5.74, 6) is 1.45. The van der Waals surface area contributed by atoms with Gasteiger partial charge in [-0.25, -0.2) is 4.98 Å². The molecule has 0 aromatic carbocycles. The summed E-state index contributed by atoms with van der Waals surface area (Å²) in [6, 6.07) is 0. The lowest BCUT2D eigenvalue weighted by Gasteiger charge is -2.22. The fourth-order valence-corrected chi connectivity index (χ4v) is 2.09. The molecule has 0 saturated heterocycles. The monoisotopic (exact) mass is 271 g/mol. The number of hydrogen-bond donors (Lipinski definition) is 0. The standard InChI is InChI=1S/C13H22ClN3O/c1-4-7-16(8-5-14)12-13(18)17(9-6-15-12)10-11(2)3/h6,9,11H,4-5,7-8,10H2,1-3H3. The van der Waals surface area contributed by atoms with Gasteiger partial charge >= 0.3 is 0 Å². The van der Waals surface area contributed by atoms with Crippen molar-refractivity contribution in [1.29, 1.82) is 0 Å². The van der Waals surface area contributed by atoms with Crippen molar-refractivity contribution in [2.45, 2.75) is 33.7 Å². The molecule has 4 nitrogen and oxygen atoms in total. The zero-order valence-corrected chi connectivity index (χ0v) is 12.2. The van der Waals surface area contributed by atoms with Crippen LogP contribution < -0.4 is 10.5 Å². The van der Waals surface area contributed by atoms with E-state index in [0.29, 0.717) is 24.2 Å². The zero-order valence-electron chi connectivity index (χ0n) is 11.4. The van der Waals surface area contributed by atoms with Gasteiger partial charge in [0.2, 0.25) is 0 Å². The molecule has 0 atom stereocenters. The molecule has 1 heterocycles. The molecular formula is C13H22ClN3O. The van der Waals surface area contributed by atoms with Gasteiger partial charge in [0.25, 0.3) is 5.56 Å². The van der Waals surface area contributed by atoms with Gasteiger partial charge in [-0.1, -0.05) is 20.8 Å². The van der Waals surface area contributed by atoms with Crippen LogP contribution in [0.3, 0.4) is 0 Å². The number of rotatable bonds is 7. The summed E-state index contributed by atoms with van der Waals surface area (Å²) in [7, 11) is 0. The second-order valence-corrected chi connectivity index (χ2v) is 5.16. The van der Waals surface area contributed by atoms with Crippen LogP contribution in [0.5, 0.6) is 0 Å². The normalized spacial score (nSPS) is 10.9. The number of aromatic nitrogens is 2. The van der Waals surface area contributed by atoms with Crippen molar-refractivity contribution in [2.75, 3.05) is 23.9 Å². The molecule has 18 heavy (non-hydrogen) atoms. The molecule has 0 aliphatic carbocycles. The second kappa shape index (κ2) is 7.41. The maximum absolute atomic E-state index is 12.3. The highest BCUT2D eigenvalue weighted by atomic mass is 35.5. The predicted molar refractivity (Wildman–Crippen MR) is 76.6 cm³/mol. The van der Waals surface area contributed by atoms with Crippen molar-refractivity contribution in [3.63, 3.8) is 0 Å². The van der Waals surface area contributed by atoms with Crippen LogP contribution in [-0.2, 0) is 6.54 Å². The van der Waals surface area contributed by atoms with Crippen LogP contribution in [0.25, 0.3) is 0 Å². The molecule has 0 N–H and O–H groups in total. The molecule has 1 rings (SSSR count). The molecule has 0 unspecified atom stereocenters. The Labute approximate surface area is 114 Å². The van der Waals surface area contributed by atoms with E-state index < -0.39 is 0 Å². The van der Waals surface area contributed by atoms with E-state index in [9.17, 15) is 4.79 Å². The smallest absolute Gasteiger partial charge is 0.293 e. The minimum Gasteiger partial charge on any atom is -0.351 e. The number of alkyl halides is 1. The van der Waals surface area contributed by atoms with Crippen LogP contribution in [0, 0.1) is 5.92 Å². The Bertz CT molecular complexity index is 411. The molecule has 0 bridgehead atoms. The summed E-state index contributed by atoms with van der Waals surface area (Å²) in [6.07, 6.45) is 4.41. The molecule has 0 radical (unpaired) electrons. The SMILES string of the molecule is CCCN(CCCl)c1nccn(CC(C)C)c1=O. The lowest BCUT2D eigenvalue weighted by Crippen LogP contribution is -2.35. The molecule has 0 saturated carbocycles. The number of anilines is 1. The molecule has 5 heteroatoms. The third-order valence-electron chi connectivity index (χ3n) is 2.60. The summed E-state index contributed by atoms with van der Waals surface area (Å²) >= 11 is 5.78. The van der Waals surface area contributed by atoms with Crippen molar-refractivity contribution in [3.8, 4) is 0 Å². The summed E-state index contributed by atoms with van der Waals surface area (Å²) in [5, 5.41) is 0. The quantitative estimate of drug-likeness (QED) is 0.715. The van der Waals surface area contributed by atoms with Gasteiger partial charge in [-0.2, -0.15) is 0 Å². The first-order chi connectivity index (χ1) is 8.60. The van der Waals surface area contributed by atoms with Gasteiger partial charge in [-0.05, 0) is 12.3 Å². The van der Waals surface area contributed by atoms with E-state index in [1.165, 1.54) is 0 Å². The first-order valence-electron chi connectivity index (χ1n) is 6.46. The average molecular weight is 272 g/mol. The third-order valence-corrected chi connectivity index (χ3v) is 2.77. The highest BCUT2D eigenvalue weighted by Crippen LogP contribution is 2.06. The average Bonchev–Trinajstić information content (AvgIpc) is 2.31. The second-order valence-electron chi connectivity index (χ2n) is 4.78. The Kier molecular flexibility index (Phi) is 6.19. The van der Waals surface area contributed by atoms with Crippen molar-refractivity contribution in [3.05, 3.63) is 22.7 Å². The molecule has 1 aromatic heterocycles. The van der Waals surface area contributed by atoms with Gasteiger partial charge in [0.1, 0.15) is 0 Å². The van der Waals surface area contributed by atoms with Crippen molar-refractivity contribution in [1.82, 2.24) is 9.55 Å². The molecular weight excluding hydrogens is 250 g/mol. The van der Waals surface area contributed by atoms with Crippen LogP contribution in [0.1, 0.15) is 27.2 Å². The number of hydrogen-bond acceptors (Lipinski definition) is 3. The molecule has 0 fully saturated rings. The largest absolute Gasteiger partial charge is 0.351 e. The van der Waals surface area contributed by atoms with Crippen molar-refractivity contribution >= 4 is 17.4 Å². The fraction of sp³-hybridized carbons (Fsp3) is 0.692. The van der Waals surface area contributed by atoms with E-state index in [0.717, 1.165) is 19.5 Å². The lowest BCUT2D eigenvalue weighted by atomic mass is 10.2. The fourth-order valence-electron chi connectivity index (χ4n) is 1.89. The molecule has 0 aliphatic rings. The number of nitrogens with zero attached hydrogens (tertiary/aromatic N) is 3. The molecule has 0 spiro atoms. The Hall–Kier alpha value is -1.03. The van der Waals surface area contributed by atoms with Crippen LogP contribution in [0.2, 0.25) is 0 Å². The van der Waals surface area contributed by atoms with E-state index in [1.54, 1.807) is 17.0 Å². The first kappa shape index (κ1) is 15.0. The molecule has 0 aliphatic heterocycles. The van der Waals surface area contributed by atoms with Gasteiger partial charge in [-0.3, -0.25) is 4.79 Å². The van der Waals surface area contributed by atoms with Crippen LogP contribution in [-0.4, -0.2) is 28.5 Å². The summed E-state index contributed by atoms with van der Waals surface area (Å²) < 4.78 is 1.73. The van der Waals surface area contributed by atoms with Gasteiger partial charge in [-0.15, -0.1) is 11.6 Å². The van der Waals surface area contributed by atoms with Gasteiger partial charge in [0.15, 0.2) is 5.82 Å². The number of halogens is 1. The van der Waals surface area contributed by atoms with E-state index in [2.05, 4.69) is 25.8 Å². The molecule has 0 amide bonds. The van der Waals surface area contributed by atoms with E-state index in [1.807, 2.05) is 4.90 Å². The summed E-state index contributed by atoms with van der Waals surface area (Å²) in [6.45, 7) is 8.44. The van der Waals surface area contributed by atoms with E-state index in [4.69, 9.17) is 11.6 Å². The predicted octanol–water partition coefficient (Wildman–Crippen LogP) is 2.35. The van der Waals surface area contributed by atoms with Crippen LogP contribution in [0.4, 0.5) is 5.82 Å². The van der Waals surface area contributed by atoms with Gasteiger partial charge in [0, 0.05) is 37.9 Å². The Morgan fingerprint density at radius 1 is 1.44 bits per heavy atom. The minimum absolute atomic E-state index is 0.0234. The van der Waals surface area contributed by atoms with Crippen LogP contribution >= 0.6 is 11.6 Å². The molecule has 1 aromatic rings. The van der Waals surface area contributed by atoms with Crippen LogP contribution in [0.15, 0.2) is 17.2 Å². The summed E-state index contributed by atoms with van der Waals surface area (Å²) in [4.78, 5) is 18.5.